The molecule has 5 rings (SSSR count). The molecule has 5 aromatic heterocycles. The van der Waals surface area contributed by atoms with E-state index in [9.17, 15) is 13.2 Å². The second-order valence-corrected chi connectivity index (χ2v) is 7.10. The van der Waals surface area contributed by atoms with E-state index in [1.807, 2.05) is 0 Å². The molecule has 0 spiro atoms. The Hall–Kier alpha value is -4.76. The summed E-state index contributed by atoms with van der Waals surface area (Å²) < 4.78 is 52.1. The molecule has 0 aliphatic carbocycles. The highest BCUT2D eigenvalue weighted by atomic mass is 19.4. The molecule has 0 N–H and O–H groups in total. The van der Waals surface area contributed by atoms with Crippen LogP contribution in [0.3, 0.4) is 0 Å². The fraction of sp³-hybridized carbons (Fsp3) is 0.211. The molecule has 0 saturated carbocycles. The molecule has 13 nitrogen and oxygen atoms in total. The minimum atomic E-state index is -4.48. The number of aromatic nitrogens is 11. The number of ether oxygens (including phenoxy) is 1. The lowest BCUT2D eigenvalue weighted by atomic mass is 10.2. The Morgan fingerprint density at radius 2 is 1.94 bits per heavy atom. The Labute approximate surface area is 193 Å². The highest BCUT2D eigenvalue weighted by molar-refractivity contribution is 5.58. The van der Waals surface area contributed by atoms with Crippen molar-refractivity contribution in [2.24, 2.45) is 7.05 Å². The fourth-order valence-electron chi connectivity index (χ4n) is 3.02. The van der Waals surface area contributed by atoms with Crippen molar-refractivity contribution in [2.75, 3.05) is 0 Å². The molecule has 0 saturated heterocycles. The van der Waals surface area contributed by atoms with Crippen molar-refractivity contribution in [1.82, 2.24) is 55.1 Å². The van der Waals surface area contributed by atoms with E-state index in [-0.39, 0.29) is 30.0 Å². The van der Waals surface area contributed by atoms with Gasteiger partial charge < -0.3 is 9.26 Å². The maximum absolute atomic E-state index is 12.7. The first-order chi connectivity index (χ1) is 16.9. The number of nitrogens with zero attached hydrogens (tertiary/aromatic N) is 11. The first-order valence-electron chi connectivity index (χ1n) is 9.91. The van der Waals surface area contributed by atoms with Crippen molar-refractivity contribution < 1.29 is 22.4 Å². The standard InChI is InChI=1S/C19H14F3N11O2/c1-32-14(9-34-15-3-2-11(6-24-15)19(20,21)22)13(7-26-32)18-28-17(29-35-18)16-23-5-4-12(27-16)8-33-10-25-30-31-33/h2-7,10H,8-9H2,1H3. The SMILES string of the molecule is Cn1ncc(-c2nc(-c3nccc(Cn4cnnn4)n3)no2)c1COc1ccc(C(F)(F)F)cn1. The number of pyridine rings is 1. The molecule has 0 atom stereocenters. The zero-order valence-corrected chi connectivity index (χ0v) is 17.8. The molecule has 0 aliphatic heterocycles. The van der Waals surface area contributed by atoms with Crippen molar-refractivity contribution in [3.05, 3.63) is 60.1 Å². The van der Waals surface area contributed by atoms with Crippen LogP contribution in [0.5, 0.6) is 5.88 Å². The predicted molar refractivity (Wildman–Crippen MR) is 108 cm³/mol. The summed E-state index contributed by atoms with van der Waals surface area (Å²) in [4.78, 5) is 16.6. The van der Waals surface area contributed by atoms with Crippen molar-refractivity contribution in [3.63, 3.8) is 0 Å². The van der Waals surface area contributed by atoms with E-state index in [4.69, 9.17) is 9.26 Å². The van der Waals surface area contributed by atoms with Gasteiger partial charge in [-0.25, -0.2) is 19.6 Å². The van der Waals surface area contributed by atoms with Crippen molar-refractivity contribution >= 4 is 0 Å². The van der Waals surface area contributed by atoms with Crippen LogP contribution in [0.15, 0.2) is 47.6 Å². The van der Waals surface area contributed by atoms with E-state index in [1.165, 1.54) is 21.9 Å². The van der Waals surface area contributed by atoms with Gasteiger partial charge in [-0.05, 0) is 22.6 Å². The summed E-state index contributed by atoms with van der Waals surface area (Å²) in [5, 5.41) is 19.1. The highest BCUT2D eigenvalue weighted by Gasteiger charge is 2.30. The van der Waals surface area contributed by atoms with Gasteiger partial charge in [0.2, 0.25) is 17.5 Å². The molecule has 35 heavy (non-hydrogen) atoms. The second-order valence-electron chi connectivity index (χ2n) is 7.10. The first-order valence-corrected chi connectivity index (χ1v) is 9.91. The zero-order valence-electron chi connectivity index (χ0n) is 17.8. The number of halogens is 3. The monoisotopic (exact) mass is 485 g/mol. The third-order valence-electron chi connectivity index (χ3n) is 4.77. The quantitative estimate of drug-likeness (QED) is 0.333. The molecule has 16 heteroatoms. The zero-order chi connectivity index (χ0) is 24.4. The molecule has 0 aliphatic rings. The number of hydrogen-bond donors (Lipinski definition) is 0. The molecule has 0 aromatic carbocycles. The van der Waals surface area contributed by atoms with Gasteiger partial charge in [-0.15, -0.1) is 5.10 Å². The molecule has 0 bridgehead atoms. The molecular weight excluding hydrogens is 471 g/mol. The lowest BCUT2D eigenvalue weighted by Gasteiger charge is -2.09. The average Bonchev–Trinajstić information content (AvgIpc) is 3.59. The smallest absolute Gasteiger partial charge is 0.417 e. The average molecular weight is 485 g/mol. The normalized spacial score (nSPS) is 11.7. The van der Waals surface area contributed by atoms with Crippen molar-refractivity contribution in [1.29, 1.82) is 0 Å². The second kappa shape index (κ2) is 8.88. The van der Waals surface area contributed by atoms with E-state index in [0.29, 0.717) is 29.7 Å². The summed E-state index contributed by atoms with van der Waals surface area (Å²) in [5.41, 5.74) is 0.778. The van der Waals surface area contributed by atoms with Gasteiger partial charge in [-0.1, -0.05) is 5.16 Å². The van der Waals surface area contributed by atoms with E-state index in [2.05, 4.69) is 45.7 Å². The molecule has 0 fully saturated rings. The van der Waals surface area contributed by atoms with Gasteiger partial charge in [0.1, 0.15) is 12.9 Å². The number of hydrogen-bond acceptors (Lipinski definition) is 11. The Kier molecular flexibility index (Phi) is 5.60. The van der Waals surface area contributed by atoms with Gasteiger partial charge in [0.05, 0.1) is 35.3 Å². The summed E-state index contributed by atoms with van der Waals surface area (Å²) in [6.45, 7) is 0.273. The maximum Gasteiger partial charge on any atom is 0.417 e. The number of aryl methyl sites for hydroxylation is 1. The number of alkyl halides is 3. The van der Waals surface area contributed by atoms with Gasteiger partial charge in [0.25, 0.3) is 5.89 Å². The largest absolute Gasteiger partial charge is 0.471 e. The summed E-state index contributed by atoms with van der Waals surface area (Å²) >= 11 is 0. The van der Waals surface area contributed by atoms with Crippen LogP contribution in [-0.2, 0) is 26.4 Å². The predicted octanol–water partition coefficient (Wildman–Crippen LogP) is 1.95. The molecule has 0 radical (unpaired) electrons. The number of tetrazole rings is 1. The van der Waals surface area contributed by atoms with Crippen LogP contribution in [0.4, 0.5) is 13.2 Å². The Bertz CT molecular complexity index is 1430. The van der Waals surface area contributed by atoms with Crippen LogP contribution in [0.25, 0.3) is 23.1 Å². The lowest BCUT2D eigenvalue weighted by Crippen LogP contribution is -2.07. The van der Waals surface area contributed by atoms with Crippen molar-refractivity contribution in [2.45, 2.75) is 19.3 Å². The third-order valence-corrected chi connectivity index (χ3v) is 4.77. The Morgan fingerprint density at radius 3 is 2.69 bits per heavy atom. The van der Waals surface area contributed by atoms with E-state index < -0.39 is 11.7 Å². The van der Waals surface area contributed by atoms with Crippen LogP contribution < -0.4 is 4.74 Å². The Balaban J connectivity index is 1.33. The van der Waals surface area contributed by atoms with Crippen LogP contribution in [0.1, 0.15) is 17.0 Å². The summed E-state index contributed by atoms with van der Waals surface area (Å²) in [7, 11) is 1.67. The topological polar surface area (TPSA) is 148 Å². The molecule has 5 aromatic rings. The Morgan fingerprint density at radius 1 is 1.06 bits per heavy atom. The third kappa shape index (κ3) is 4.80. The van der Waals surface area contributed by atoms with Crippen LogP contribution >= 0.6 is 0 Å². The molecule has 0 unspecified atom stereocenters. The highest BCUT2D eigenvalue weighted by Crippen LogP contribution is 2.29. The number of rotatable bonds is 7. The van der Waals surface area contributed by atoms with E-state index >= 15 is 0 Å². The van der Waals surface area contributed by atoms with Crippen LogP contribution in [0, 0.1) is 0 Å². The molecule has 178 valence electrons. The summed E-state index contributed by atoms with van der Waals surface area (Å²) in [5.74, 6) is 0.547. The van der Waals surface area contributed by atoms with Crippen molar-refractivity contribution in [3.8, 4) is 29.0 Å². The van der Waals surface area contributed by atoms with Gasteiger partial charge >= 0.3 is 6.18 Å². The van der Waals surface area contributed by atoms with Gasteiger partial charge in [-0.2, -0.15) is 23.3 Å². The summed E-state index contributed by atoms with van der Waals surface area (Å²) in [6, 6.07) is 3.74. The first kappa shape index (κ1) is 22.1. The van der Waals surface area contributed by atoms with Gasteiger partial charge in [-0.3, -0.25) is 4.68 Å². The van der Waals surface area contributed by atoms with Crippen LogP contribution in [0.2, 0.25) is 0 Å². The van der Waals surface area contributed by atoms with Gasteiger partial charge in [0.15, 0.2) is 0 Å². The maximum atomic E-state index is 12.7. The van der Waals surface area contributed by atoms with Crippen LogP contribution in [-0.4, -0.2) is 55.1 Å². The summed E-state index contributed by atoms with van der Waals surface area (Å²) in [6.07, 6.45) is 0.745. The lowest BCUT2D eigenvalue weighted by molar-refractivity contribution is -0.137. The molecular formula is C19H14F3N11O2. The van der Waals surface area contributed by atoms with E-state index in [1.54, 1.807) is 19.3 Å². The van der Waals surface area contributed by atoms with E-state index in [0.717, 1.165) is 12.1 Å². The minimum Gasteiger partial charge on any atom is -0.471 e. The molecule has 5 heterocycles. The van der Waals surface area contributed by atoms with Gasteiger partial charge in [0, 0.05) is 25.5 Å². The fourth-order valence-corrected chi connectivity index (χ4v) is 3.02. The molecule has 0 amide bonds. The minimum absolute atomic E-state index is 0.0177.